The van der Waals surface area contributed by atoms with Gasteiger partial charge in [-0.15, -0.1) is 0 Å². The fourth-order valence-electron chi connectivity index (χ4n) is 3.63. The molecule has 0 aliphatic heterocycles. The normalized spacial score (nSPS) is 10.7. The molecule has 1 N–H and O–H groups in total. The summed E-state index contributed by atoms with van der Waals surface area (Å²) in [6, 6.07) is 19.9. The smallest absolute Gasteiger partial charge is 0.220 e. The van der Waals surface area contributed by atoms with E-state index in [-0.39, 0.29) is 5.91 Å². The Morgan fingerprint density at radius 2 is 1.87 bits per heavy atom. The quantitative estimate of drug-likeness (QED) is 0.497. The number of amides is 1. The van der Waals surface area contributed by atoms with Gasteiger partial charge in [0.1, 0.15) is 5.75 Å². The van der Waals surface area contributed by atoms with Crippen LogP contribution in [0.2, 0.25) is 0 Å². The lowest BCUT2D eigenvalue weighted by atomic mass is 9.99. The molecule has 0 atom stereocenters. The first-order valence-electron chi connectivity index (χ1n) is 9.92. The third-order valence-corrected chi connectivity index (χ3v) is 5.12. The van der Waals surface area contributed by atoms with Crippen molar-refractivity contribution in [2.24, 2.45) is 0 Å². The minimum atomic E-state index is -0.00835. The largest absolute Gasteiger partial charge is 0.496 e. The summed E-state index contributed by atoms with van der Waals surface area (Å²) in [5.41, 5.74) is 3.79. The molecular formula is C25H23N3O2. The lowest BCUT2D eigenvalue weighted by Gasteiger charge is -2.13. The predicted molar refractivity (Wildman–Crippen MR) is 118 cm³/mol. The average Bonchev–Trinajstić information content (AvgIpc) is 2.81. The van der Waals surface area contributed by atoms with Crippen LogP contribution < -0.4 is 10.1 Å². The van der Waals surface area contributed by atoms with Crippen LogP contribution in [0.3, 0.4) is 0 Å². The molecule has 0 aliphatic carbocycles. The number of aryl methyl sites for hydroxylation is 1. The van der Waals surface area contributed by atoms with Crippen LogP contribution in [0.4, 0.5) is 0 Å². The van der Waals surface area contributed by atoms with Gasteiger partial charge < -0.3 is 10.1 Å². The van der Waals surface area contributed by atoms with Crippen LogP contribution in [-0.4, -0.2) is 23.0 Å². The topological polar surface area (TPSA) is 64.1 Å². The molecule has 2 aromatic carbocycles. The highest BCUT2D eigenvalue weighted by atomic mass is 16.5. The van der Waals surface area contributed by atoms with Crippen LogP contribution in [-0.2, 0) is 17.8 Å². The van der Waals surface area contributed by atoms with E-state index in [1.165, 1.54) is 0 Å². The van der Waals surface area contributed by atoms with Crippen LogP contribution in [0.15, 0.2) is 79.3 Å². The molecule has 5 heteroatoms. The summed E-state index contributed by atoms with van der Waals surface area (Å²) in [4.78, 5) is 21.2. The Bertz CT molecular complexity index is 1160. The van der Waals surface area contributed by atoms with Crippen LogP contribution in [0.25, 0.3) is 22.0 Å². The van der Waals surface area contributed by atoms with E-state index < -0.39 is 0 Å². The Labute approximate surface area is 175 Å². The van der Waals surface area contributed by atoms with Crippen molar-refractivity contribution in [1.29, 1.82) is 0 Å². The van der Waals surface area contributed by atoms with E-state index in [9.17, 15) is 4.79 Å². The SMILES string of the molecule is COc1ccc2ccccc2c1CCC(=O)NCc1cccnc1-c1cccnc1. The van der Waals surface area contributed by atoms with Crippen LogP contribution in [0.5, 0.6) is 5.75 Å². The standard InChI is InChI=1S/C25H23N3O2/c1-30-23-12-10-18-6-2-3-9-21(18)22(23)11-13-24(29)28-17-20-8-5-15-27-25(20)19-7-4-14-26-16-19/h2-10,12,14-16H,11,13,17H2,1H3,(H,28,29). The number of aromatic nitrogens is 2. The number of hydrogen-bond acceptors (Lipinski definition) is 4. The summed E-state index contributed by atoms with van der Waals surface area (Å²) in [5, 5.41) is 5.29. The van der Waals surface area contributed by atoms with E-state index >= 15 is 0 Å². The number of fused-ring (bicyclic) bond motifs is 1. The van der Waals surface area contributed by atoms with E-state index in [4.69, 9.17) is 4.74 Å². The maximum Gasteiger partial charge on any atom is 0.220 e. The molecule has 1 amide bonds. The highest BCUT2D eigenvalue weighted by molar-refractivity contribution is 5.88. The molecule has 4 rings (SSSR count). The number of benzene rings is 2. The number of methoxy groups -OCH3 is 1. The summed E-state index contributed by atoms with van der Waals surface area (Å²) in [7, 11) is 1.66. The molecule has 0 saturated carbocycles. The molecule has 0 fully saturated rings. The first-order valence-corrected chi connectivity index (χ1v) is 9.92. The van der Waals surface area contributed by atoms with Crippen molar-refractivity contribution in [3.8, 4) is 17.0 Å². The van der Waals surface area contributed by atoms with Crippen LogP contribution >= 0.6 is 0 Å². The third kappa shape index (κ3) is 4.30. The Morgan fingerprint density at radius 1 is 1.00 bits per heavy atom. The molecule has 5 nitrogen and oxygen atoms in total. The van der Waals surface area contributed by atoms with Gasteiger partial charge in [0.25, 0.3) is 0 Å². The highest BCUT2D eigenvalue weighted by Gasteiger charge is 2.12. The fourth-order valence-corrected chi connectivity index (χ4v) is 3.63. The second-order valence-electron chi connectivity index (χ2n) is 7.00. The van der Waals surface area contributed by atoms with E-state index in [1.54, 1.807) is 25.7 Å². The minimum absolute atomic E-state index is 0.00835. The molecule has 4 aromatic rings. The van der Waals surface area contributed by atoms with Gasteiger partial charge in [-0.3, -0.25) is 14.8 Å². The lowest BCUT2D eigenvalue weighted by molar-refractivity contribution is -0.121. The second-order valence-corrected chi connectivity index (χ2v) is 7.00. The summed E-state index contributed by atoms with van der Waals surface area (Å²) in [5.74, 6) is 0.804. The molecule has 0 aliphatic rings. The molecule has 30 heavy (non-hydrogen) atoms. The molecule has 2 heterocycles. The Morgan fingerprint density at radius 3 is 2.70 bits per heavy atom. The monoisotopic (exact) mass is 397 g/mol. The summed E-state index contributed by atoms with van der Waals surface area (Å²) in [6.07, 6.45) is 6.25. The second kappa shape index (κ2) is 9.18. The van der Waals surface area contributed by atoms with Crippen molar-refractivity contribution < 1.29 is 9.53 Å². The highest BCUT2D eigenvalue weighted by Crippen LogP contribution is 2.29. The van der Waals surface area contributed by atoms with Crippen molar-refractivity contribution in [1.82, 2.24) is 15.3 Å². The van der Waals surface area contributed by atoms with Crippen molar-refractivity contribution in [3.05, 3.63) is 90.4 Å². The molecule has 150 valence electrons. The van der Waals surface area contributed by atoms with Gasteiger partial charge in [-0.25, -0.2) is 0 Å². The number of hydrogen-bond donors (Lipinski definition) is 1. The minimum Gasteiger partial charge on any atom is -0.496 e. The van der Waals surface area contributed by atoms with E-state index in [0.29, 0.717) is 19.4 Å². The molecule has 0 unspecified atom stereocenters. The molecular weight excluding hydrogens is 374 g/mol. The van der Waals surface area contributed by atoms with Crippen molar-refractivity contribution in [3.63, 3.8) is 0 Å². The van der Waals surface area contributed by atoms with Crippen molar-refractivity contribution in [2.45, 2.75) is 19.4 Å². The lowest BCUT2D eigenvalue weighted by Crippen LogP contribution is -2.23. The van der Waals surface area contributed by atoms with Crippen molar-refractivity contribution in [2.75, 3.05) is 7.11 Å². The Kier molecular flexibility index (Phi) is 5.99. The number of rotatable bonds is 7. The van der Waals surface area contributed by atoms with Gasteiger partial charge in [-0.05, 0) is 47.0 Å². The predicted octanol–water partition coefficient (Wildman–Crippen LogP) is 4.55. The Balaban J connectivity index is 1.45. The summed E-state index contributed by atoms with van der Waals surface area (Å²) < 4.78 is 5.53. The summed E-state index contributed by atoms with van der Waals surface area (Å²) >= 11 is 0. The zero-order chi connectivity index (χ0) is 20.8. The molecule has 0 bridgehead atoms. The van der Waals surface area contributed by atoms with Gasteiger partial charge in [0.05, 0.1) is 12.8 Å². The van der Waals surface area contributed by atoms with Crippen LogP contribution in [0, 0.1) is 0 Å². The number of ether oxygens (including phenoxy) is 1. The van der Waals surface area contributed by atoms with Gasteiger partial charge in [-0.1, -0.05) is 36.4 Å². The number of pyridine rings is 2. The Hall–Kier alpha value is -3.73. The van der Waals surface area contributed by atoms with E-state index in [1.807, 2.05) is 48.5 Å². The maximum atomic E-state index is 12.6. The van der Waals surface area contributed by atoms with Gasteiger partial charge in [0.15, 0.2) is 0 Å². The number of carbonyl (C=O) groups excluding carboxylic acids is 1. The summed E-state index contributed by atoms with van der Waals surface area (Å²) in [6.45, 7) is 0.420. The number of carbonyl (C=O) groups is 1. The van der Waals surface area contributed by atoms with Gasteiger partial charge in [0, 0.05) is 42.7 Å². The van der Waals surface area contributed by atoms with Crippen LogP contribution in [0.1, 0.15) is 17.5 Å². The first-order chi connectivity index (χ1) is 14.8. The first kappa shape index (κ1) is 19.6. The zero-order valence-electron chi connectivity index (χ0n) is 16.8. The molecule has 2 aromatic heterocycles. The fraction of sp³-hybridized carbons (Fsp3) is 0.160. The molecule has 0 saturated heterocycles. The number of nitrogens with one attached hydrogen (secondary N) is 1. The molecule has 0 radical (unpaired) electrons. The van der Waals surface area contributed by atoms with Gasteiger partial charge >= 0.3 is 0 Å². The van der Waals surface area contributed by atoms with Gasteiger partial charge in [0.2, 0.25) is 5.91 Å². The zero-order valence-corrected chi connectivity index (χ0v) is 16.8. The van der Waals surface area contributed by atoms with Crippen molar-refractivity contribution >= 4 is 16.7 Å². The molecule has 0 spiro atoms. The third-order valence-electron chi connectivity index (χ3n) is 5.12. The van der Waals surface area contributed by atoms with E-state index in [2.05, 4.69) is 27.4 Å². The maximum absolute atomic E-state index is 12.6. The van der Waals surface area contributed by atoms with E-state index in [0.717, 1.165) is 38.9 Å². The number of nitrogens with zero attached hydrogens (tertiary/aromatic N) is 2. The van der Waals surface area contributed by atoms with Gasteiger partial charge in [-0.2, -0.15) is 0 Å². The average molecular weight is 397 g/mol.